The fourth-order valence-corrected chi connectivity index (χ4v) is 5.04. The Kier molecular flexibility index (Phi) is 7.24. The van der Waals surface area contributed by atoms with Crippen molar-refractivity contribution >= 4 is 17.1 Å². The number of likely N-dealkylation sites (tertiary alicyclic amines) is 1. The zero-order valence-electron chi connectivity index (χ0n) is 22.6. The first-order chi connectivity index (χ1) is 18.9. The van der Waals surface area contributed by atoms with Gasteiger partial charge < -0.3 is 14.6 Å². The van der Waals surface area contributed by atoms with Crippen molar-refractivity contribution in [2.75, 3.05) is 13.1 Å². The lowest BCUT2D eigenvalue weighted by atomic mass is 9.90. The first-order valence-electron chi connectivity index (χ1n) is 13.3. The van der Waals surface area contributed by atoms with Crippen molar-refractivity contribution in [2.24, 2.45) is 5.92 Å². The van der Waals surface area contributed by atoms with E-state index in [1.807, 2.05) is 45.0 Å². The number of carbonyl (C=O) groups is 1. The number of rotatable bonds is 5. The Labute approximate surface area is 229 Å². The number of benzene rings is 2. The van der Waals surface area contributed by atoms with Gasteiger partial charge in [-0.25, -0.2) is 9.78 Å². The number of H-pyrrole nitrogens is 2. The predicted molar refractivity (Wildman–Crippen MR) is 145 cm³/mol. The lowest BCUT2D eigenvalue weighted by Crippen LogP contribution is -2.41. The summed E-state index contributed by atoms with van der Waals surface area (Å²) in [6, 6.07) is 12.2. The fraction of sp³-hybridized carbons (Fsp3) is 0.414. The molecule has 0 aliphatic carbocycles. The third-order valence-electron chi connectivity index (χ3n) is 7.15. The average Bonchev–Trinajstić information content (AvgIpc) is 3.47. The number of halogens is 3. The van der Waals surface area contributed by atoms with E-state index in [2.05, 4.69) is 15.1 Å². The summed E-state index contributed by atoms with van der Waals surface area (Å²) in [6.07, 6.45) is -2.11. The van der Waals surface area contributed by atoms with Crippen LogP contribution in [-0.2, 0) is 17.3 Å². The van der Waals surface area contributed by atoms with Gasteiger partial charge in [0.25, 0.3) is 5.56 Å². The summed E-state index contributed by atoms with van der Waals surface area (Å²) in [5.41, 5.74) is 1.25. The number of para-hydroxylation sites is 2. The first kappa shape index (κ1) is 27.5. The molecule has 0 bridgehead atoms. The number of hydrogen-bond acceptors (Lipinski definition) is 4. The van der Waals surface area contributed by atoms with Crippen LogP contribution in [-0.4, -0.2) is 49.4 Å². The van der Waals surface area contributed by atoms with E-state index in [9.17, 15) is 22.8 Å². The molecule has 1 fully saturated rings. The second kappa shape index (κ2) is 10.5. The molecular weight excluding hydrogens is 523 g/mol. The number of alkyl halides is 3. The molecule has 1 aliphatic rings. The number of aromatic amines is 2. The third kappa shape index (κ3) is 5.93. The maximum absolute atomic E-state index is 13.6. The van der Waals surface area contributed by atoms with Gasteiger partial charge in [0.15, 0.2) is 0 Å². The highest BCUT2D eigenvalue weighted by Gasteiger charge is 2.31. The first-order valence-corrected chi connectivity index (χ1v) is 13.3. The largest absolute Gasteiger partial charge is 0.444 e. The number of ether oxygens (including phenoxy) is 1. The molecule has 1 amide bonds. The van der Waals surface area contributed by atoms with Crippen LogP contribution in [0.4, 0.5) is 18.0 Å². The van der Waals surface area contributed by atoms with Crippen LogP contribution in [0.3, 0.4) is 0 Å². The van der Waals surface area contributed by atoms with E-state index >= 15 is 0 Å². The maximum Gasteiger partial charge on any atom is 0.416 e. The predicted octanol–water partition coefficient (Wildman–Crippen LogP) is 6.31. The highest BCUT2D eigenvalue weighted by Crippen LogP contribution is 2.32. The number of nitrogens with one attached hydrogen (secondary N) is 2. The number of amides is 1. The van der Waals surface area contributed by atoms with Gasteiger partial charge in [-0.3, -0.25) is 9.89 Å². The van der Waals surface area contributed by atoms with Crippen molar-refractivity contribution in [1.29, 1.82) is 0 Å². The minimum Gasteiger partial charge on any atom is -0.444 e. The summed E-state index contributed by atoms with van der Waals surface area (Å²) in [6.45, 7) is 6.64. The van der Waals surface area contributed by atoms with Gasteiger partial charge >= 0.3 is 12.3 Å². The summed E-state index contributed by atoms with van der Waals surface area (Å²) in [4.78, 5) is 35.4. The van der Waals surface area contributed by atoms with Crippen molar-refractivity contribution in [3.63, 3.8) is 0 Å². The summed E-state index contributed by atoms with van der Waals surface area (Å²) < 4.78 is 46.3. The maximum atomic E-state index is 13.6. The molecule has 212 valence electrons. The van der Waals surface area contributed by atoms with Crippen LogP contribution in [0.2, 0.25) is 0 Å². The molecule has 2 aromatic carbocycles. The lowest BCUT2D eigenvalue weighted by molar-refractivity contribution is -0.137. The van der Waals surface area contributed by atoms with E-state index in [0.717, 1.165) is 30.5 Å². The third-order valence-corrected chi connectivity index (χ3v) is 7.15. The van der Waals surface area contributed by atoms with Crippen molar-refractivity contribution < 1.29 is 22.7 Å². The topological polar surface area (TPSA) is 96.0 Å². The number of aromatic nitrogens is 4. The van der Waals surface area contributed by atoms with Crippen molar-refractivity contribution in [3.8, 4) is 17.2 Å². The average molecular weight is 556 g/mol. The minimum absolute atomic E-state index is 0.285. The van der Waals surface area contributed by atoms with Crippen LogP contribution in [0.15, 0.2) is 53.3 Å². The second-order valence-corrected chi connectivity index (χ2v) is 11.2. The molecule has 1 aliphatic heterocycles. The zero-order chi connectivity index (χ0) is 28.7. The minimum atomic E-state index is -4.46. The molecule has 0 atom stereocenters. The summed E-state index contributed by atoms with van der Waals surface area (Å²) in [5, 5.41) is 3.09. The van der Waals surface area contributed by atoms with Crippen molar-refractivity contribution in [1.82, 2.24) is 24.6 Å². The number of nitrogens with zero attached hydrogens (tertiary/aromatic N) is 3. The van der Waals surface area contributed by atoms with Crippen LogP contribution >= 0.6 is 0 Å². The molecule has 4 aromatic rings. The molecular formula is C29H32F3N5O3. The van der Waals surface area contributed by atoms with Gasteiger partial charge in [0.1, 0.15) is 5.60 Å². The van der Waals surface area contributed by atoms with Gasteiger partial charge in [-0.2, -0.15) is 17.9 Å². The van der Waals surface area contributed by atoms with Gasteiger partial charge in [-0.15, -0.1) is 0 Å². The number of imidazole rings is 1. The molecule has 11 heteroatoms. The van der Waals surface area contributed by atoms with E-state index in [-0.39, 0.29) is 17.6 Å². The van der Waals surface area contributed by atoms with Crippen molar-refractivity contribution in [2.45, 2.75) is 58.2 Å². The van der Waals surface area contributed by atoms with E-state index in [1.165, 1.54) is 16.8 Å². The number of piperidine rings is 1. The Morgan fingerprint density at radius 1 is 1.05 bits per heavy atom. The van der Waals surface area contributed by atoms with Crippen molar-refractivity contribution in [3.05, 3.63) is 70.0 Å². The summed E-state index contributed by atoms with van der Waals surface area (Å²) in [7, 11) is 0. The van der Waals surface area contributed by atoms with E-state index < -0.39 is 17.3 Å². The molecule has 1 saturated heterocycles. The fourth-order valence-electron chi connectivity index (χ4n) is 5.04. The highest BCUT2D eigenvalue weighted by molar-refractivity contribution is 5.76. The van der Waals surface area contributed by atoms with Crippen LogP contribution in [0, 0.1) is 5.92 Å². The van der Waals surface area contributed by atoms with E-state index in [1.54, 1.807) is 4.90 Å². The number of hydrogen-bond donors (Lipinski definition) is 2. The van der Waals surface area contributed by atoms with Gasteiger partial charge in [0.2, 0.25) is 5.95 Å². The van der Waals surface area contributed by atoms with Gasteiger partial charge in [0.05, 0.1) is 22.3 Å². The molecule has 0 unspecified atom stereocenters. The lowest BCUT2D eigenvalue weighted by Gasteiger charge is -2.33. The quantitative estimate of drug-likeness (QED) is 0.302. The Hall–Kier alpha value is -4.02. The number of fused-ring (bicyclic) bond motifs is 1. The monoisotopic (exact) mass is 555 g/mol. The SMILES string of the molecule is CC(C)(C)OC(=O)N1CCC(CCc2c(-c3ccc(C(F)(F)F)cc3)[nH]n(-c3nc4ccccc4[nH]3)c2=O)CC1. The van der Waals surface area contributed by atoms with E-state index in [0.29, 0.717) is 54.2 Å². The van der Waals surface area contributed by atoms with Gasteiger partial charge in [-0.1, -0.05) is 24.3 Å². The number of carbonyl (C=O) groups excluding carboxylic acids is 1. The molecule has 8 nitrogen and oxygen atoms in total. The molecule has 2 aromatic heterocycles. The van der Waals surface area contributed by atoms with Crippen LogP contribution in [0.25, 0.3) is 28.2 Å². The Bertz CT molecular complexity index is 1520. The van der Waals surface area contributed by atoms with Gasteiger partial charge in [-0.05, 0) is 82.2 Å². The summed E-state index contributed by atoms with van der Waals surface area (Å²) in [5.74, 6) is 0.587. The highest BCUT2D eigenvalue weighted by atomic mass is 19.4. The molecule has 2 N–H and O–H groups in total. The Morgan fingerprint density at radius 2 is 1.73 bits per heavy atom. The standard InChI is InChI=1S/C29H32F3N5O3/c1-28(2,3)40-27(39)36-16-14-18(15-17-36)8-13-21-24(19-9-11-20(12-10-19)29(30,31)32)35-37(25(21)38)26-33-22-6-4-5-7-23(22)34-26/h4-7,9-12,18,35H,8,13-17H2,1-3H3,(H,33,34). The van der Waals surface area contributed by atoms with E-state index in [4.69, 9.17) is 4.74 Å². The molecule has 0 radical (unpaired) electrons. The molecule has 0 spiro atoms. The Balaban J connectivity index is 1.39. The zero-order valence-corrected chi connectivity index (χ0v) is 22.6. The molecule has 5 rings (SSSR count). The normalized spacial score (nSPS) is 15.1. The van der Waals surface area contributed by atoms with Crippen LogP contribution in [0.1, 0.15) is 51.2 Å². The van der Waals surface area contributed by atoms with Gasteiger partial charge in [0, 0.05) is 18.7 Å². The summed E-state index contributed by atoms with van der Waals surface area (Å²) >= 11 is 0. The Morgan fingerprint density at radius 3 is 2.35 bits per heavy atom. The smallest absolute Gasteiger partial charge is 0.416 e. The molecule has 3 heterocycles. The van der Waals surface area contributed by atoms with Crippen LogP contribution in [0.5, 0.6) is 0 Å². The second-order valence-electron chi connectivity index (χ2n) is 11.2. The molecule has 0 saturated carbocycles. The van der Waals surface area contributed by atoms with Crippen LogP contribution < -0.4 is 5.56 Å². The molecule has 40 heavy (non-hydrogen) atoms.